The molecule has 10 heteroatoms. The van der Waals surface area contributed by atoms with E-state index in [0.717, 1.165) is 14.3 Å². The third-order valence-electron chi connectivity index (χ3n) is 5.57. The number of halogens is 2. The lowest BCUT2D eigenvalue weighted by atomic mass is 10.1. The van der Waals surface area contributed by atoms with Crippen molar-refractivity contribution in [3.8, 4) is 0 Å². The van der Waals surface area contributed by atoms with Crippen LogP contribution in [0.4, 0.5) is 5.69 Å². The Morgan fingerprint density at radius 2 is 1.51 bits per heavy atom. The lowest BCUT2D eigenvalue weighted by Gasteiger charge is -2.32. The SMILES string of the molecule is CC(C)NC(=O)C(C)N(Cc1ccc(Br)cc1)C(=O)CN(c1cccc(Br)c1)S(=O)(=O)c1ccccc1. The van der Waals surface area contributed by atoms with Crippen LogP contribution in [0.2, 0.25) is 0 Å². The Labute approximate surface area is 235 Å². The number of carbonyl (C=O) groups is 2. The summed E-state index contributed by atoms with van der Waals surface area (Å²) in [6, 6.07) is 21.2. The number of carbonyl (C=O) groups excluding carboxylic acids is 2. The predicted octanol–water partition coefficient (Wildman–Crippen LogP) is 5.35. The number of nitrogens with zero attached hydrogens (tertiary/aromatic N) is 2. The van der Waals surface area contributed by atoms with Crippen LogP contribution in [-0.4, -0.2) is 43.8 Å². The normalized spacial score (nSPS) is 12.2. The fraction of sp³-hybridized carbons (Fsp3) is 0.259. The summed E-state index contributed by atoms with van der Waals surface area (Å²) >= 11 is 6.80. The summed E-state index contributed by atoms with van der Waals surface area (Å²) in [4.78, 5) is 28.2. The Balaban J connectivity index is 2.01. The van der Waals surface area contributed by atoms with E-state index in [9.17, 15) is 18.0 Å². The standard InChI is InChI=1S/C27H29Br2N3O4S/c1-19(2)30-27(34)20(3)31(17-21-12-14-22(28)15-13-21)26(33)18-32(24-9-7-8-23(29)16-24)37(35,36)25-10-5-4-6-11-25/h4-16,19-20H,17-18H2,1-3H3,(H,30,34). The fourth-order valence-electron chi connectivity index (χ4n) is 3.65. The van der Waals surface area contributed by atoms with Gasteiger partial charge in [0.1, 0.15) is 12.6 Å². The molecule has 0 saturated carbocycles. The van der Waals surface area contributed by atoms with Gasteiger partial charge in [-0.05, 0) is 68.8 Å². The molecule has 3 aromatic rings. The highest BCUT2D eigenvalue weighted by atomic mass is 79.9. The topological polar surface area (TPSA) is 86.8 Å². The van der Waals surface area contributed by atoms with Crippen LogP contribution in [0.1, 0.15) is 26.3 Å². The second-order valence-electron chi connectivity index (χ2n) is 8.79. The molecule has 0 aliphatic carbocycles. The Morgan fingerprint density at radius 1 is 0.865 bits per heavy atom. The van der Waals surface area contributed by atoms with Crippen LogP contribution in [0.15, 0.2) is 92.7 Å². The molecule has 1 unspecified atom stereocenters. The largest absolute Gasteiger partial charge is 0.352 e. The van der Waals surface area contributed by atoms with Gasteiger partial charge in [-0.25, -0.2) is 8.42 Å². The molecule has 3 rings (SSSR count). The third kappa shape index (κ3) is 7.66. The van der Waals surface area contributed by atoms with Crippen LogP contribution in [0.25, 0.3) is 0 Å². The van der Waals surface area contributed by atoms with Crippen LogP contribution in [0, 0.1) is 0 Å². The van der Waals surface area contributed by atoms with Crippen LogP contribution in [0.3, 0.4) is 0 Å². The lowest BCUT2D eigenvalue weighted by Crippen LogP contribution is -2.52. The molecule has 0 spiro atoms. The van der Waals surface area contributed by atoms with Crippen molar-refractivity contribution in [2.75, 3.05) is 10.8 Å². The molecule has 3 aromatic carbocycles. The molecule has 196 valence electrons. The van der Waals surface area contributed by atoms with Gasteiger partial charge in [0.2, 0.25) is 11.8 Å². The van der Waals surface area contributed by atoms with Gasteiger partial charge in [-0.2, -0.15) is 0 Å². The number of hydrogen-bond acceptors (Lipinski definition) is 4. The minimum atomic E-state index is -4.08. The highest BCUT2D eigenvalue weighted by Gasteiger charge is 2.32. The van der Waals surface area contributed by atoms with Gasteiger partial charge in [-0.15, -0.1) is 0 Å². The van der Waals surface area contributed by atoms with E-state index in [1.165, 1.54) is 17.0 Å². The smallest absolute Gasteiger partial charge is 0.264 e. The molecular formula is C27H29Br2N3O4S. The zero-order chi connectivity index (χ0) is 27.2. The van der Waals surface area contributed by atoms with Gasteiger partial charge in [-0.3, -0.25) is 13.9 Å². The number of amides is 2. The molecule has 0 aliphatic rings. The first-order valence-electron chi connectivity index (χ1n) is 11.7. The molecule has 1 atom stereocenters. The van der Waals surface area contributed by atoms with Crippen LogP contribution < -0.4 is 9.62 Å². The zero-order valence-corrected chi connectivity index (χ0v) is 24.8. The minimum absolute atomic E-state index is 0.0628. The fourth-order valence-corrected chi connectivity index (χ4v) is 5.73. The van der Waals surface area contributed by atoms with Crippen molar-refractivity contribution >= 4 is 59.4 Å². The number of nitrogens with one attached hydrogen (secondary N) is 1. The molecule has 0 heterocycles. The predicted molar refractivity (Wildman–Crippen MR) is 153 cm³/mol. The van der Waals surface area contributed by atoms with Crippen molar-refractivity contribution < 1.29 is 18.0 Å². The third-order valence-corrected chi connectivity index (χ3v) is 8.38. The van der Waals surface area contributed by atoms with E-state index in [-0.39, 0.29) is 23.4 Å². The second kappa shape index (κ2) is 12.7. The molecule has 0 aliphatic heterocycles. The number of rotatable bonds is 10. The van der Waals surface area contributed by atoms with Gasteiger partial charge in [0, 0.05) is 21.5 Å². The number of hydrogen-bond donors (Lipinski definition) is 1. The summed E-state index contributed by atoms with van der Waals surface area (Å²) in [5.41, 5.74) is 1.13. The Hall–Kier alpha value is -2.69. The van der Waals surface area contributed by atoms with Gasteiger partial charge in [0.25, 0.3) is 10.0 Å². The molecule has 0 radical (unpaired) electrons. The summed E-state index contributed by atoms with van der Waals surface area (Å²) in [5.74, 6) is -0.825. The first-order chi connectivity index (χ1) is 17.5. The zero-order valence-electron chi connectivity index (χ0n) is 20.8. The maximum absolute atomic E-state index is 13.8. The quantitative estimate of drug-likeness (QED) is 0.321. The van der Waals surface area contributed by atoms with Crippen molar-refractivity contribution in [3.05, 3.63) is 93.4 Å². The van der Waals surface area contributed by atoms with E-state index >= 15 is 0 Å². The maximum Gasteiger partial charge on any atom is 0.264 e. The van der Waals surface area contributed by atoms with Gasteiger partial charge in [0.05, 0.1) is 10.6 Å². The number of sulfonamides is 1. The van der Waals surface area contributed by atoms with Crippen molar-refractivity contribution in [1.29, 1.82) is 0 Å². The molecule has 37 heavy (non-hydrogen) atoms. The van der Waals surface area contributed by atoms with Crippen molar-refractivity contribution in [3.63, 3.8) is 0 Å². The van der Waals surface area contributed by atoms with Crippen LogP contribution in [-0.2, 0) is 26.2 Å². The van der Waals surface area contributed by atoms with Gasteiger partial charge < -0.3 is 10.2 Å². The molecule has 0 saturated heterocycles. The van der Waals surface area contributed by atoms with Crippen molar-refractivity contribution in [1.82, 2.24) is 10.2 Å². The van der Waals surface area contributed by atoms with E-state index < -0.39 is 28.5 Å². The monoisotopic (exact) mass is 649 g/mol. The molecule has 0 aromatic heterocycles. The first kappa shape index (κ1) is 28.9. The van der Waals surface area contributed by atoms with E-state index in [2.05, 4.69) is 37.2 Å². The van der Waals surface area contributed by atoms with Gasteiger partial charge in [0.15, 0.2) is 0 Å². The molecular weight excluding hydrogens is 622 g/mol. The summed E-state index contributed by atoms with van der Waals surface area (Å²) in [5, 5.41) is 2.84. The molecule has 2 amide bonds. The average Bonchev–Trinajstić information content (AvgIpc) is 2.86. The summed E-state index contributed by atoms with van der Waals surface area (Å²) in [7, 11) is -4.08. The second-order valence-corrected chi connectivity index (χ2v) is 12.5. The summed E-state index contributed by atoms with van der Waals surface area (Å²) in [6.07, 6.45) is 0. The molecule has 7 nitrogen and oxygen atoms in total. The van der Waals surface area contributed by atoms with E-state index in [1.54, 1.807) is 49.4 Å². The van der Waals surface area contributed by atoms with Crippen LogP contribution >= 0.6 is 31.9 Å². The highest BCUT2D eigenvalue weighted by Crippen LogP contribution is 2.27. The minimum Gasteiger partial charge on any atom is -0.352 e. The molecule has 0 bridgehead atoms. The Bertz CT molecular complexity index is 1330. The van der Waals surface area contributed by atoms with E-state index in [0.29, 0.717) is 10.2 Å². The number of benzene rings is 3. The summed E-state index contributed by atoms with van der Waals surface area (Å²) in [6.45, 7) is 4.98. The Morgan fingerprint density at radius 3 is 2.11 bits per heavy atom. The number of anilines is 1. The maximum atomic E-state index is 13.8. The molecule has 1 N–H and O–H groups in total. The van der Waals surface area contributed by atoms with Gasteiger partial charge >= 0.3 is 0 Å². The van der Waals surface area contributed by atoms with Crippen LogP contribution in [0.5, 0.6) is 0 Å². The van der Waals surface area contributed by atoms with Crippen molar-refractivity contribution in [2.24, 2.45) is 0 Å². The summed E-state index contributed by atoms with van der Waals surface area (Å²) < 4.78 is 30.0. The highest BCUT2D eigenvalue weighted by molar-refractivity contribution is 9.10. The lowest BCUT2D eigenvalue weighted by molar-refractivity contribution is -0.139. The Kier molecular flexibility index (Phi) is 9.92. The van der Waals surface area contributed by atoms with Crippen molar-refractivity contribution in [2.45, 2.75) is 44.3 Å². The van der Waals surface area contributed by atoms with E-state index in [4.69, 9.17) is 0 Å². The molecule has 0 fully saturated rings. The van der Waals surface area contributed by atoms with E-state index in [1.807, 2.05) is 38.1 Å². The first-order valence-corrected chi connectivity index (χ1v) is 14.7. The average molecular weight is 651 g/mol. The van der Waals surface area contributed by atoms with Gasteiger partial charge in [-0.1, -0.05) is 68.3 Å².